The third-order valence-corrected chi connectivity index (χ3v) is 10.1. The maximum absolute atomic E-state index is 5.68. The van der Waals surface area contributed by atoms with E-state index in [-0.39, 0.29) is 0 Å². The number of fused-ring (bicyclic) bond motifs is 1. The molecule has 0 saturated heterocycles. The van der Waals surface area contributed by atoms with Crippen LogP contribution in [0.2, 0.25) is 0 Å². The van der Waals surface area contributed by atoms with Crippen LogP contribution in [-0.4, -0.2) is 6.61 Å². The highest BCUT2D eigenvalue weighted by atomic mass is 16.5. The fourth-order valence-corrected chi connectivity index (χ4v) is 7.86. The lowest BCUT2D eigenvalue weighted by Gasteiger charge is -2.43. The van der Waals surface area contributed by atoms with Crippen LogP contribution in [0.5, 0.6) is 5.75 Å². The molecule has 4 atom stereocenters. The molecule has 0 heterocycles. The predicted molar refractivity (Wildman–Crippen MR) is 151 cm³/mol. The topological polar surface area (TPSA) is 9.23 Å². The molecule has 1 nitrogen and oxygen atoms in total. The van der Waals surface area contributed by atoms with Gasteiger partial charge in [-0.25, -0.2) is 0 Å². The van der Waals surface area contributed by atoms with E-state index < -0.39 is 0 Å². The maximum atomic E-state index is 5.68. The molecular formula is C34H54O. The van der Waals surface area contributed by atoms with Gasteiger partial charge in [0.25, 0.3) is 0 Å². The average molecular weight is 479 g/mol. The molecule has 1 aromatic rings. The summed E-state index contributed by atoms with van der Waals surface area (Å²) in [6, 6.07) is 8.94. The van der Waals surface area contributed by atoms with E-state index in [1.807, 2.05) is 6.08 Å². The van der Waals surface area contributed by atoms with E-state index in [2.05, 4.69) is 37.8 Å². The van der Waals surface area contributed by atoms with Gasteiger partial charge in [0.1, 0.15) is 12.4 Å². The average Bonchev–Trinajstić information content (AvgIpc) is 2.91. The van der Waals surface area contributed by atoms with Crippen LogP contribution in [0.1, 0.15) is 134 Å². The summed E-state index contributed by atoms with van der Waals surface area (Å²) in [6.45, 7) is 6.65. The molecule has 3 saturated carbocycles. The Labute approximate surface area is 217 Å². The molecule has 3 fully saturated rings. The van der Waals surface area contributed by atoms with Gasteiger partial charge in [-0.05, 0) is 85.3 Å². The lowest BCUT2D eigenvalue weighted by molar-refractivity contribution is 0.108. The van der Waals surface area contributed by atoms with E-state index in [4.69, 9.17) is 4.74 Å². The van der Waals surface area contributed by atoms with Crippen molar-refractivity contribution in [2.24, 2.45) is 29.6 Å². The van der Waals surface area contributed by atoms with Gasteiger partial charge in [0.05, 0.1) is 0 Å². The Morgan fingerprint density at radius 3 is 2.09 bits per heavy atom. The van der Waals surface area contributed by atoms with Crippen molar-refractivity contribution in [2.45, 2.75) is 128 Å². The molecule has 35 heavy (non-hydrogen) atoms. The summed E-state index contributed by atoms with van der Waals surface area (Å²) >= 11 is 0. The summed E-state index contributed by atoms with van der Waals surface area (Å²) in [7, 11) is 0. The third kappa shape index (κ3) is 8.40. The zero-order chi connectivity index (χ0) is 24.3. The number of ether oxygens (including phenoxy) is 1. The van der Waals surface area contributed by atoms with Crippen LogP contribution in [-0.2, 0) is 0 Å². The van der Waals surface area contributed by atoms with Crippen molar-refractivity contribution in [3.05, 3.63) is 42.5 Å². The molecule has 3 aliphatic carbocycles. The summed E-state index contributed by atoms with van der Waals surface area (Å²) in [4.78, 5) is 0. The normalized spacial score (nSPS) is 31.0. The molecule has 3 aliphatic rings. The molecule has 0 N–H and O–H groups in total. The predicted octanol–water partition coefficient (Wildman–Crippen LogP) is 10.5. The largest absolute Gasteiger partial charge is 0.490 e. The SMILES string of the molecule is C=CCOc1ccc(C2CCC3CC(CCC4CCC(CCCCCCC)CC4)CCC3C2)cc1. The first kappa shape index (κ1) is 26.8. The molecule has 0 spiro atoms. The van der Waals surface area contributed by atoms with Gasteiger partial charge in [-0.1, -0.05) is 115 Å². The standard InChI is InChI=1S/C34H54O/c1-3-5-6-7-8-9-27-10-12-28(13-11-27)14-15-29-16-17-33-26-32(19-18-31(33)25-29)30-20-22-34(23-21-30)35-24-4-2/h4,20-23,27-29,31-33H,2-3,5-19,24-26H2,1H3. The van der Waals surface area contributed by atoms with Crippen molar-refractivity contribution in [2.75, 3.05) is 6.61 Å². The fourth-order valence-electron chi connectivity index (χ4n) is 7.86. The summed E-state index contributed by atoms with van der Waals surface area (Å²) in [5.74, 6) is 6.89. The Hall–Kier alpha value is -1.24. The maximum Gasteiger partial charge on any atom is 0.119 e. The second-order valence-corrected chi connectivity index (χ2v) is 12.5. The number of benzene rings is 1. The van der Waals surface area contributed by atoms with Crippen LogP contribution in [0.3, 0.4) is 0 Å². The lowest BCUT2D eigenvalue weighted by atomic mass is 9.63. The van der Waals surface area contributed by atoms with Crippen molar-refractivity contribution < 1.29 is 4.74 Å². The monoisotopic (exact) mass is 478 g/mol. The number of hydrogen-bond donors (Lipinski definition) is 0. The van der Waals surface area contributed by atoms with Gasteiger partial charge < -0.3 is 4.74 Å². The van der Waals surface area contributed by atoms with Gasteiger partial charge in [-0.2, -0.15) is 0 Å². The Morgan fingerprint density at radius 2 is 1.34 bits per heavy atom. The van der Waals surface area contributed by atoms with Gasteiger partial charge in [-0.15, -0.1) is 0 Å². The Morgan fingerprint density at radius 1 is 0.714 bits per heavy atom. The highest BCUT2D eigenvalue weighted by Crippen LogP contribution is 2.49. The Bertz CT molecular complexity index is 713. The van der Waals surface area contributed by atoms with Crippen LogP contribution in [0, 0.1) is 29.6 Å². The Kier molecular flexibility index (Phi) is 11.1. The van der Waals surface area contributed by atoms with Gasteiger partial charge in [-0.3, -0.25) is 0 Å². The molecule has 0 aliphatic heterocycles. The van der Waals surface area contributed by atoms with Crippen molar-refractivity contribution in [1.29, 1.82) is 0 Å². The molecule has 196 valence electrons. The van der Waals surface area contributed by atoms with Crippen molar-refractivity contribution in [1.82, 2.24) is 0 Å². The minimum atomic E-state index is 0.591. The highest BCUT2D eigenvalue weighted by molar-refractivity contribution is 5.30. The highest BCUT2D eigenvalue weighted by Gasteiger charge is 2.36. The molecule has 4 unspecified atom stereocenters. The molecule has 4 rings (SSSR count). The van der Waals surface area contributed by atoms with Crippen molar-refractivity contribution in [3.63, 3.8) is 0 Å². The minimum Gasteiger partial charge on any atom is -0.490 e. The molecule has 1 heteroatoms. The first-order chi connectivity index (χ1) is 17.2. The fraction of sp³-hybridized carbons (Fsp3) is 0.765. The summed E-state index contributed by atoms with van der Waals surface area (Å²) in [6.07, 6.45) is 28.6. The van der Waals surface area contributed by atoms with E-state index in [0.29, 0.717) is 6.61 Å². The molecule has 0 radical (unpaired) electrons. The third-order valence-electron chi connectivity index (χ3n) is 10.1. The molecular weight excluding hydrogens is 424 g/mol. The van der Waals surface area contributed by atoms with Gasteiger partial charge >= 0.3 is 0 Å². The first-order valence-electron chi connectivity index (χ1n) is 15.6. The van der Waals surface area contributed by atoms with E-state index in [1.54, 1.807) is 6.42 Å². The summed E-state index contributed by atoms with van der Waals surface area (Å²) in [5.41, 5.74) is 1.54. The summed E-state index contributed by atoms with van der Waals surface area (Å²) < 4.78 is 5.68. The molecule has 0 amide bonds. The van der Waals surface area contributed by atoms with Crippen molar-refractivity contribution in [3.8, 4) is 5.75 Å². The lowest BCUT2D eigenvalue weighted by Crippen LogP contribution is -2.30. The van der Waals surface area contributed by atoms with E-state index >= 15 is 0 Å². The number of rotatable bonds is 13. The van der Waals surface area contributed by atoms with E-state index in [9.17, 15) is 0 Å². The van der Waals surface area contributed by atoms with Crippen LogP contribution in [0.25, 0.3) is 0 Å². The van der Waals surface area contributed by atoms with Crippen molar-refractivity contribution >= 4 is 0 Å². The molecule has 0 aromatic heterocycles. The van der Waals surface area contributed by atoms with E-state index in [1.165, 1.54) is 115 Å². The zero-order valence-corrected chi connectivity index (χ0v) is 22.9. The second kappa shape index (κ2) is 14.5. The number of unbranched alkanes of at least 4 members (excludes halogenated alkanes) is 4. The summed E-state index contributed by atoms with van der Waals surface area (Å²) in [5, 5.41) is 0. The van der Waals surface area contributed by atoms with Gasteiger partial charge in [0.2, 0.25) is 0 Å². The van der Waals surface area contributed by atoms with E-state index in [0.717, 1.165) is 41.3 Å². The minimum absolute atomic E-state index is 0.591. The van der Waals surface area contributed by atoms with Crippen LogP contribution in [0.15, 0.2) is 36.9 Å². The smallest absolute Gasteiger partial charge is 0.119 e. The Balaban J connectivity index is 1.11. The quantitative estimate of drug-likeness (QED) is 0.202. The van der Waals surface area contributed by atoms with Crippen LogP contribution >= 0.6 is 0 Å². The molecule has 1 aromatic carbocycles. The number of hydrogen-bond acceptors (Lipinski definition) is 1. The molecule has 0 bridgehead atoms. The first-order valence-corrected chi connectivity index (χ1v) is 15.6. The van der Waals surface area contributed by atoms with Gasteiger partial charge in [0.15, 0.2) is 0 Å². The van der Waals surface area contributed by atoms with Gasteiger partial charge in [0, 0.05) is 0 Å². The van der Waals surface area contributed by atoms with Crippen LogP contribution in [0.4, 0.5) is 0 Å². The zero-order valence-electron chi connectivity index (χ0n) is 22.9. The van der Waals surface area contributed by atoms with Crippen LogP contribution < -0.4 is 4.74 Å². The second-order valence-electron chi connectivity index (χ2n) is 12.5.